The highest BCUT2D eigenvalue weighted by atomic mass is 16.3. The second kappa shape index (κ2) is 7.50. The summed E-state index contributed by atoms with van der Waals surface area (Å²) in [5.74, 6) is 0.281. The van der Waals surface area contributed by atoms with E-state index in [4.69, 9.17) is 4.42 Å². The summed E-state index contributed by atoms with van der Waals surface area (Å²) in [7, 11) is 0. The number of aromatic nitrogens is 4. The first-order valence-corrected chi connectivity index (χ1v) is 8.62. The molecule has 9 heteroatoms. The number of Topliss-reactive ketones (excluding diaryl/α,β-unsaturated/α-hetero) is 1. The zero-order valence-corrected chi connectivity index (χ0v) is 14.6. The average Bonchev–Trinajstić information content (AvgIpc) is 3.42. The van der Waals surface area contributed by atoms with Crippen LogP contribution in [-0.4, -0.2) is 74.4 Å². The van der Waals surface area contributed by atoms with Gasteiger partial charge in [-0.25, -0.2) is 4.68 Å². The molecule has 1 fully saturated rings. The minimum absolute atomic E-state index is 0.0399. The Hall–Kier alpha value is -3.33. The third kappa shape index (κ3) is 3.77. The van der Waals surface area contributed by atoms with Crippen LogP contribution in [0.1, 0.15) is 20.9 Å². The summed E-state index contributed by atoms with van der Waals surface area (Å²) >= 11 is 0. The Kier molecular flexibility index (Phi) is 4.75. The van der Waals surface area contributed by atoms with Crippen molar-refractivity contribution in [3.63, 3.8) is 0 Å². The maximum atomic E-state index is 12.8. The van der Waals surface area contributed by atoms with Gasteiger partial charge >= 0.3 is 0 Å². The molecule has 0 bridgehead atoms. The van der Waals surface area contributed by atoms with E-state index in [0.29, 0.717) is 44.0 Å². The van der Waals surface area contributed by atoms with Gasteiger partial charge in [-0.3, -0.25) is 14.5 Å². The van der Waals surface area contributed by atoms with Gasteiger partial charge in [0.05, 0.1) is 18.5 Å². The second-order valence-electron chi connectivity index (χ2n) is 6.27. The van der Waals surface area contributed by atoms with Gasteiger partial charge in [-0.1, -0.05) is 6.07 Å². The van der Waals surface area contributed by atoms with Crippen LogP contribution in [0.15, 0.2) is 53.4 Å². The lowest BCUT2D eigenvalue weighted by molar-refractivity contribution is 0.0620. The number of benzene rings is 1. The Balaban J connectivity index is 1.36. The molecule has 0 N–H and O–H groups in total. The number of hydrogen-bond acceptors (Lipinski definition) is 7. The van der Waals surface area contributed by atoms with Crippen molar-refractivity contribution in [1.29, 1.82) is 0 Å². The molecule has 1 aliphatic heterocycles. The number of rotatable bonds is 5. The van der Waals surface area contributed by atoms with E-state index in [2.05, 4.69) is 15.5 Å². The van der Waals surface area contributed by atoms with Crippen LogP contribution in [-0.2, 0) is 0 Å². The number of amides is 1. The number of tetrazole rings is 1. The van der Waals surface area contributed by atoms with E-state index in [1.165, 1.54) is 17.3 Å². The summed E-state index contributed by atoms with van der Waals surface area (Å²) in [4.78, 5) is 28.8. The van der Waals surface area contributed by atoms with Gasteiger partial charge < -0.3 is 9.32 Å². The normalized spacial score (nSPS) is 15.0. The number of carbonyl (C=O) groups excluding carboxylic acids is 2. The van der Waals surface area contributed by atoms with Crippen LogP contribution in [0.25, 0.3) is 5.69 Å². The van der Waals surface area contributed by atoms with Crippen molar-refractivity contribution in [3.05, 3.63) is 60.3 Å². The average molecular weight is 366 g/mol. The molecule has 4 rings (SSSR count). The van der Waals surface area contributed by atoms with Crippen LogP contribution < -0.4 is 0 Å². The molecule has 2 aromatic heterocycles. The van der Waals surface area contributed by atoms with Crippen molar-refractivity contribution in [3.8, 4) is 5.69 Å². The van der Waals surface area contributed by atoms with Crippen molar-refractivity contribution in [2.75, 3.05) is 32.7 Å². The quantitative estimate of drug-likeness (QED) is 0.619. The van der Waals surface area contributed by atoms with E-state index in [-0.39, 0.29) is 11.7 Å². The topological polar surface area (TPSA) is 97.4 Å². The van der Waals surface area contributed by atoms with Gasteiger partial charge in [-0.05, 0) is 40.8 Å². The summed E-state index contributed by atoms with van der Waals surface area (Å²) in [5, 5.41) is 11.1. The standard InChI is InChI=1S/C18H18N6O3/c25-16(17-5-2-10-27-17)12-22-6-8-23(9-7-22)18(26)14-3-1-4-15(11-14)24-13-19-20-21-24/h1-5,10-11,13H,6-9,12H2. The first-order chi connectivity index (χ1) is 13.2. The predicted molar refractivity (Wildman–Crippen MR) is 94.5 cm³/mol. The van der Waals surface area contributed by atoms with Crippen LogP contribution in [0.2, 0.25) is 0 Å². The van der Waals surface area contributed by atoms with Gasteiger partial charge in [0.15, 0.2) is 5.76 Å². The highest BCUT2D eigenvalue weighted by Gasteiger charge is 2.24. The minimum atomic E-state index is -0.0473. The molecule has 138 valence electrons. The first-order valence-electron chi connectivity index (χ1n) is 8.62. The Morgan fingerprint density at radius 3 is 2.63 bits per heavy atom. The smallest absolute Gasteiger partial charge is 0.254 e. The third-order valence-corrected chi connectivity index (χ3v) is 4.53. The van der Waals surface area contributed by atoms with Crippen LogP contribution in [0.5, 0.6) is 0 Å². The van der Waals surface area contributed by atoms with Gasteiger partial charge in [0.2, 0.25) is 5.78 Å². The lowest BCUT2D eigenvalue weighted by atomic mass is 10.1. The molecule has 1 saturated heterocycles. The zero-order valence-electron chi connectivity index (χ0n) is 14.6. The fraction of sp³-hybridized carbons (Fsp3) is 0.278. The number of furan rings is 1. The van der Waals surface area contributed by atoms with E-state index in [1.54, 1.807) is 29.2 Å². The fourth-order valence-corrected chi connectivity index (χ4v) is 3.07. The van der Waals surface area contributed by atoms with Crippen molar-refractivity contribution in [2.45, 2.75) is 0 Å². The summed E-state index contributed by atoms with van der Waals surface area (Å²) in [6.07, 6.45) is 2.98. The van der Waals surface area contributed by atoms with Crippen molar-refractivity contribution >= 4 is 11.7 Å². The molecule has 9 nitrogen and oxygen atoms in total. The number of hydrogen-bond donors (Lipinski definition) is 0. The second-order valence-corrected chi connectivity index (χ2v) is 6.27. The maximum Gasteiger partial charge on any atom is 0.254 e. The van der Waals surface area contributed by atoms with E-state index < -0.39 is 0 Å². The van der Waals surface area contributed by atoms with Gasteiger partial charge in [-0.15, -0.1) is 5.10 Å². The monoisotopic (exact) mass is 366 g/mol. The molecular formula is C18H18N6O3. The third-order valence-electron chi connectivity index (χ3n) is 4.53. The van der Waals surface area contributed by atoms with Crippen LogP contribution in [0.4, 0.5) is 0 Å². The van der Waals surface area contributed by atoms with Crippen LogP contribution >= 0.6 is 0 Å². The van der Waals surface area contributed by atoms with E-state index in [1.807, 2.05) is 17.0 Å². The molecule has 0 saturated carbocycles. The Morgan fingerprint density at radius 2 is 1.93 bits per heavy atom. The summed E-state index contributed by atoms with van der Waals surface area (Å²) in [6.45, 7) is 2.72. The van der Waals surface area contributed by atoms with E-state index >= 15 is 0 Å². The Morgan fingerprint density at radius 1 is 1.07 bits per heavy atom. The molecule has 3 aromatic rings. The number of carbonyl (C=O) groups is 2. The number of nitrogens with zero attached hydrogens (tertiary/aromatic N) is 6. The highest BCUT2D eigenvalue weighted by Crippen LogP contribution is 2.13. The fourth-order valence-electron chi connectivity index (χ4n) is 3.07. The molecule has 3 heterocycles. The SMILES string of the molecule is O=C(CN1CCN(C(=O)c2cccc(-n3cnnn3)c2)CC1)c1ccco1. The summed E-state index contributed by atoms with van der Waals surface area (Å²) in [6, 6.07) is 10.6. The van der Waals surface area contributed by atoms with Crippen molar-refractivity contribution < 1.29 is 14.0 Å². The number of ketones is 1. The molecular weight excluding hydrogens is 348 g/mol. The molecule has 0 unspecified atom stereocenters. The summed E-state index contributed by atoms with van der Waals surface area (Å²) in [5.41, 5.74) is 1.32. The lowest BCUT2D eigenvalue weighted by Crippen LogP contribution is -2.49. The van der Waals surface area contributed by atoms with E-state index in [0.717, 1.165) is 5.69 Å². The molecule has 1 aliphatic rings. The maximum absolute atomic E-state index is 12.8. The minimum Gasteiger partial charge on any atom is -0.461 e. The van der Waals surface area contributed by atoms with Crippen molar-refractivity contribution in [2.24, 2.45) is 0 Å². The molecule has 0 atom stereocenters. The Labute approximate surface area is 155 Å². The van der Waals surface area contributed by atoms with Gasteiger partial charge in [-0.2, -0.15) is 0 Å². The molecule has 0 spiro atoms. The van der Waals surface area contributed by atoms with E-state index in [9.17, 15) is 9.59 Å². The zero-order chi connectivity index (χ0) is 18.6. The molecule has 27 heavy (non-hydrogen) atoms. The highest BCUT2D eigenvalue weighted by molar-refractivity contribution is 5.95. The summed E-state index contributed by atoms with van der Waals surface area (Å²) < 4.78 is 6.65. The van der Waals surface area contributed by atoms with Gasteiger partial charge in [0.25, 0.3) is 5.91 Å². The molecule has 0 aliphatic carbocycles. The largest absolute Gasteiger partial charge is 0.461 e. The lowest BCUT2D eigenvalue weighted by Gasteiger charge is -2.34. The van der Waals surface area contributed by atoms with Gasteiger partial charge in [0.1, 0.15) is 6.33 Å². The van der Waals surface area contributed by atoms with Gasteiger partial charge in [0, 0.05) is 31.7 Å². The molecule has 1 amide bonds. The Bertz CT molecular complexity index is 914. The predicted octanol–water partition coefficient (Wildman–Crippen LogP) is 0.896. The van der Waals surface area contributed by atoms with Crippen LogP contribution in [0, 0.1) is 0 Å². The number of piperazine rings is 1. The van der Waals surface area contributed by atoms with Crippen molar-refractivity contribution in [1.82, 2.24) is 30.0 Å². The molecule has 0 radical (unpaired) electrons. The molecule has 1 aromatic carbocycles. The van der Waals surface area contributed by atoms with Crippen LogP contribution in [0.3, 0.4) is 0 Å². The first kappa shape index (κ1) is 17.1.